The summed E-state index contributed by atoms with van der Waals surface area (Å²) in [4.78, 5) is 44.4. The maximum absolute atomic E-state index is 14.6. The maximum atomic E-state index is 14.6. The largest absolute Gasteiger partial charge is 0.497 e. The number of hydrogen-bond donors (Lipinski definition) is 2. The molecule has 0 bridgehead atoms. The summed E-state index contributed by atoms with van der Waals surface area (Å²) in [6.07, 6.45) is 10.7. The minimum atomic E-state index is -2.30. The molecule has 374 valence electrons. The Morgan fingerprint density at radius 3 is 2.24 bits per heavy atom. The topological polar surface area (TPSA) is 150 Å². The van der Waals surface area contributed by atoms with Crippen LogP contribution >= 0.6 is 0 Å². The van der Waals surface area contributed by atoms with E-state index in [4.69, 9.17) is 28.4 Å². The maximum Gasteiger partial charge on any atom is 0.339 e. The van der Waals surface area contributed by atoms with Crippen molar-refractivity contribution in [1.29, 1.82) is 0 Å². The SMILES string of the molecule is C=C(c1ccc(C(=O)OC2Cc3cc4c(cc3[C@@H]3[C@H](OC(=O)C(O)(CCCC(C)(C)O)CC(=O)OC/C=C/C=C/C)C(OC)=C[C@@]35CCCN25)OCO4)cc1)c1cc2c(cc1C)C(C)(C)CCC2(C)C. The summed E-state index contributed by atoms with van der Waals surface area (Å²) >= 11 is 0. The van der Waals surface area contributed by atoms with Gasteiger partial charge in [0, 0.05) is 13.0 Å². The summed E-state index contributed by atoms with van der Waals surface area (Å²) in [5.41, 5.74) is 4.72. The first-order chi connectivity index (χ1) is 33.1. The number of allylic oxidation sites excluding steroid dienone is 3. The Balaban J connectivity index is 1.07. The molecule has 2 N–H and O–H groups in total. The number of ether oxygens (including phenoxy) is 6. The second-order valence-corrected chi connectivity index (χ2v) is 21.9. The number of esters is 3. The highest BCUT2D eigenvalue weighted by atomic mass is 16.7. The molecule has 5 atom stereocenters. The van der Waals surface area contributed by atoms with Crippen LogP contribution in [0.15, 0.2) is 91.2 Å². The van der Waals surface area contributed by atoms with Crippen molar-refractivity contribution >= 4 is 23.5 Å². The molecule has 3 aromatic rings. The van der Waals surface area contributed by atoms with E-state index in [0.29, 0.717) is 42.2 Å². The van der Waals surface area contributed by atoms with Crippen LogP contribution in [-0.4, -0.2) is 89.1 Å². The molecule has 12 heteroatoms. The number of rotatable bonds is 16. The Bertz CT molecular complexity index is 2610. The third-order valence-electron chi connectivity index (χ3n) is 15.4. The predicted molar refractivity (Wildman–Crippen MR) is 268 cm³/mol. The van der Waals surface area contributed by atoms with E-state index in [-0.39, 0.29) is 43.5 Å². The van der Waals surface area contributed by atoms with Crippen molar-refractivity contribution in [3.8, 4) is 11.5 Å². The van der Waals surface area contributed by atoms with Crippen molar-refractivity contribution in [2.45, 2.75) is 159 Å². The molecule has 12 nitrogen and oxygen atoms in total. The Morgan fingerprint density at radius 1 is 0.900 bits per heavy atom. The number of carbonyl (C=O) groups excluding carboxylic acids is 3. The van der Waals surface area contributed by atoms with Crippen molar-refractivity contribution in [3.05, 3.63) is 136 Å². The molecule has 1 spiro atoms. The average molecular weight is 958 g/mol. The molecule has 8 rings (SSSR count). The summed E-state index contributed by atoms with van der Waals surface area (Å²) in [5.74, 6) is -1.47. The fourth-order valence-electron chi connectivity index (χ4n) is 11.4. The fraction of sp³-hybridized carbons (Fsp3) is 0.500. The average Bonchev–Trinajstić information content (AvgIpc) is 4.01. The van der Waals surface area contributed by atoms with E-state index in [0.717, 1.165) is 47.1 Å². The lowest BCUT2D eigenvalue weighted by atomic mass is 9.62. The van der Waals surface area contributed by atoms with Crippen LogP contribution in [0, 0.1) is 6.92 Å². The van der Waals surface area contributed by atoms with Crippen molar-refractivity contribution < 1.29 is 53.0 Å². The van der Waals surface area contributed by atoms with Gasteiger partial charge in [-0.3, -0.25) is 9.69 Å². The summed E-state index contributed by atoms with van der Waals surface area (Å²) in [7, 11) is 1.51. The minimum absolute atomic E-state index is 0.0298. The van der Waals surface area contributed by atoms with Crippen LogP contribution < -0.4 is 9.47 Å². The van der Waals surface area contributed by atoms with Crippen molar-refractivity contribution in [3.63, 3.8) is 0 Å². The summed E-state index contributed by atoms with van der Waals surface area (Å²) in [5, 5.41) is 22.7. The number of nitrogens with zero attached hydrogens (tertiary/aromatic N) is 1. The number of methoxy groups -OCH3 is 1. The van der Waals surface area contributed by atoms with Crippen LogP contribution in [0.1, 0.15) is 155 Å². The van der Waals surface area contributed by atoms with Gasteiger partial charge in [0.05, 0.1) is 36.2 Å². The van der Waals surface area contributed by atoms with Crippen LogP contribution in [0.5, 0.6) is 11.5 Å². The number of benzene rings is 3. The van der Waals surface area contributed by atoms with Gasteiger partial charge in [-0.1, -0.05) is 76.8 Å². The molecule has 0 radical (unpaired) electrons. The zero-order chi connectivity index (χ0) is 50.4. The van der Waals surface area contributed by atoms with Crippen molar-refractivity contribution in [1.82, 2.24) is 4.90 Å². The van der Waals surface area contributed by atoms with Gasteiger partial charge in [0.1, 0.15) is 12.4 Å². The highest BCUT2D eigenvalue weighted by molar-refractivity contribution is 5.91. The smallest absolute Gasteiger partial charge is 0.339 e. The quantitative estimate of drug-likeness (QED) is 0.0799. The fourth-order valence-corrected chi connectivity index (χ4v) is 11.4. The van der Waals surface area contributed by atoms with E-state index in [2.05, 4.69) is 58.2 Å². The van der Waals surface area contributed by atoms with E-state index >= 15 is 0 Å². The Labute approximate surface area is 413 Å². The van der Waals surface area contributed by atoms with Crippen molar-refractivity contribution in [2.24, 2.45) is 0 Å². The molecule has 5 aliphatic rings. The zero-order valence-electron chi connectivity index (χ0n) is 42.4. The minimum Gasteiger partial charge on any atom is -0.497 e. The van der Waals surface area contributed by atoms with Crippen LogP contribution in [0.3, 0.4) is 0 Å². The van der Waals surface area contributed by atoms with Crippen molar-refractivity contribution in [2.75, 3.05) is 27.1 Å². The van der Waals surface area contributed by atoms with Gasteiger partial charge in [0.15, 0.2) is 29.4 Å². The van der Waals surface area contributed by atoms with Gasteiger partial charge in [-0.15, -0.1) is 0 Å². The first kappa shape index (κ1) is 50.7. The lowest BCUT2D eigenvalue weighted by Gasteiger charge is -2.42. The molecule has 0 saturated carbocycles. The normalized spacial score (nSPS) is 23.9. The van der Waals surface area contributed by atoms with E-state index in [1.54, 1.807) is 44.2 Å². The molecule has 1 saturated heterocycles. The highest BCUT2D eigenvalue weighted by Crippen LogP contribution is 2.57. The highest BCUT2D eigenvalue weighted by Gasteiger charge is 2.61. The molecule has 3 aliphatic heterocycles. The van der Waals surface area contributed by atoms with Crippen LogP contribution in [0.25, 0.3) is 5.57 Å². The molecular weight excluding hydrogens is 887 g/mol. The Hall–Kier alpha value is -5.69. The lowest BCUT2D eigenvalue weighted by Crippen LogP contribution is -2.53. The zero-order valence-corrected chi connectivity index (χ0v) is 42.4. The van der Waals surface area contributed by atoms with E-state index < -0.39 is 59.3 Å². The first-order valence-corrected chi connectivity index (χ1v) is 24.8. The molecule has 0 amide bonds. The lowest BCUT2D eigenvalue weighted by molar-refractivity contribution is -0.179. The predicted octanol–water partition coefficient (Wildman–Crippen LogP) is 9.99. The van der Waals surface area contributed by atoms with E-state index in [1.807, 2.05) is 43.3 Å². The molecular formula is C58H71NO11. The van der Waals surface area contributed by atoms with Crippen LogP contribution in [-0.2, 0) is 45.8 Å². The third-order valence-corrected chi connectivity index (χ3v) is 15.4. The molecule has 70 heavy (non-hydrogen) atoms. The van der Waals surface area contributed by atoms with Gasteiger partial charge in [0.2, 0.25) is 6.79 Å². The molecule has 3 heterocycles. The van der Waals surface area contributed by atoms with Gasteiger partial charge in [-0.2, -0.15) is 0 Å². The van der Waals surface area contributed by atoms with Gasteiger partial charge in [0.25, 0.3) is 0 Å². The van der Waals surface area contributed by atoms with E-state index in [1.165, 1.54) is 23.8 Å². The van der Waals surface area contributed by atoms with Gasteiger partial charge < -0.3 is 38.6 Å². The molecule has 1 fully saturated rings. The molecule has 0 aromatic heterocycles. The Kier molecular flexibility index (Phi) is 14.1. The second kappa shape index (κ2) is 19.5. The number of aryl methyl sites for hydroxylation is 1. The van der Waals surface area contributed by atoms with Gasteiger partial charge >= 0.3 is 17.9 Å². The number of fused-ring (bicyclic) bond motifs is 4. The first-order valence-electron chi connectivity index (χ1n) is 24.8. The third kappa shape index (κ3) is 9.97. The summed E-state index contributed by atoms with van der Waals surface area (Å²) in [6, 6.07) is 15.9. The monoisotopic (exact) mass is 958 g/mol. The standard InChI is InChI=1S/C58H71NO11/c1-11-12-13-14-27-66-49(60)34-58(64,23-15-21-56(8,9)63)53(62)70-51-47(65-10)33-57-22-16-26-59(57)48(30-40-29-45-46(68-35-67-45)32-42(40)50(51)57)69-52(61)39-19-17-38(18-20-39)37(3)41-31-44-43(28-36(41)2)54(4,5)24-25-55(44,6)7/h11-14,17-20,28-29,31-33,48,50-51,63-64H,3,15-16,21-27,30,34-35H2,1-2,4-10H3/b12-11+,14-13+/t48?,50-,51-,57+,58?/m1/s1. The van der Waals surface area contributed by atoms with Gasteiger partial charge in [-0.25, -0.2) is 9.59 Å². The summed E-state index contributed by atoms with van der Waals surface area (Å²) < 4.78 is 36.2. The van der Waals surface area contributed by atoms with Crippen LogP contribution in [0.4, 0.5) is 0 Å². The van der Waals surface area contributed by atoms with Gasteiger partial charge in [-0.05, 0) is 164 Å². The molecule has 2 unspecified atom stereocenters. The molecule has 2 aliphatic carbocycles. The Morgan fingerprint density at radius 2 is 1.57 bits per heavy atom. The number of hydrogen-bond acceptors (Lipinski definition) is 12. The van der Waals surface area contributed by atoms with E-state index in [9.17, 15) is 24.6 Å². The second-order valence-electron chi connectivity index (χ2n) is 21.9. The number of carbonyl (C=O) groups is 3. The molecule has 3 aromatic carbocycles. The summed E-state index contributed by atoms with van der Waals surface area (Å²) in [6.45, 7) is 21.7. The number of aliphatic hydroxyl groups is 2. The van der Waals surface area contributed by atoms with Crippen LogP contribution in [0.2, 0.25) is 0 Å².